The molecule has 0 bridgehead atoms. The van der Waals surface area contributed by atoms with E-state index >= 15 is 0 Å². The van der Waals surface area contributed by atoms with Crippen molar-refractivity contribution in [3.05, 3.63) is 18.5 Å². The second-order valence-corrected chi connectivity index (χ2v) is 7.81. The predicted octanol–water partition coefficient (Wildman–Crippen LogP) is -3.76. The second-order valence-electron chi connectivity index (χ2n) is 4.07. The molecule has 120 valence electrons. The average molecular weight is 363 g/mol. The quantitative estimate of drug-likeness (QED) is 0.194. The van der Waals surface area contributed by atoms with Crippen molar-refractivity contribution < 1.29 is 63.0 Å². The summed E-state index contributed by atoms with van der Waals surface area (Å²) in [6, 6.07) is 1.84. The molecule has 0 aliphatic carbocycles. The molecule has 0 fully saturated rings. The van der Waals surface area contributed by atoms with Crippen LogP contribution >= 0.6 is 15.2 Å². The van der Waals surface area contributed by atoms with Crippen LogP contribution in [0.3, 0.4) is 0 Å². The number of nitrogens with one attached hydrogen (secondary N) is 1. The number of rotatable bonds is 9. The molecule has 0 saturated heterocycles. The third-order valence-electron chi connectivity index (χ3n) is 2.30. The molecule has 10 nitrogen and oxygen atoms in total. The topological polar surface area (TPSA) is 165 Å². The van der Waals surface area contributed by atoms with E-state index < -0.39 is 20.7 Å². The summed E-state index contributed by atoms with van der Waals surface area (Å²) in [5.41, 5.74) is -2.29. The minimum Gasteiger partial charge on any atom is -0.777 e. The van der Waals surface area contributed by atoms with Crippen molar-refractivity contribution in [1.29, 1.82) is 0 Å². The summed E-state index contributed by atoms with van der Waals surface area (Å²) in [5, 5.41) is 2.12. The normalized spacial score (nSPS) is 15.5. The van der Waals surface area contributed by atoms with Gasteiger partial charge in [-0.25, -0.2) is 9.97 Å². The second kappa shape index (κ2) is 10.1. The maximum atomic E-state index is 10.9. The smallest absolute Gasteiger partial charge is 0.777 e. The number of nitrogens with zero attached hydrogens (tertiary/aromatic N) is 2. The molecule has 0 aliphatic heterocycles. The minimum atomic E-state index is -5.18. The fourth-order valence-electron chi connectivity index (χ4n) is 1.41. The van der Waals surface area contributed by atoms with E-state index in [1.807, 2.05) is 0 Å². The minimum absolute atomic E-state index is 0. The Bertz CT molecular complexity index is 501. The van der Waals surface area contributed by atoms with Crippen LogP contribution in [-0.2, 0) is 9.13 Å². The number of aromatic nitrogens is 2. The predicted molar refractivity (Wildman–Crippen MR) is 70.4 cm³/mol. The molecular formula is C9H16N3NaO7P2. The fraction of sp³-hybridized carbons (Fsp3) is 0.556. The number of hydrogen-bond acceptors (Lipinski definition) is 7. The van der Waals surface area contributed by atoms with E-state index in [1.165, 1.54) is 12.4 Å². The summed E-state index contributed by atoms with van der Waals surface area (Å²) in [4.78, 5) is 45.0. The molecular weight excluding hydrogens is 347 g/mol. The van der Waals surface area contributed by atoms with Crippen LogP contribution in [0.4, 0.5) is 0 Å². The molecule has 4 N–H and O–H groups in total. The van der Waals surface area contributed by atoms with Crippen LogP contribution in [0.25, 0.3) is 0 Å². The summed E-state index contributed by atoms with van der Waals surface area (Å²) in [6.45, 7) is 0.252. The van der Waals surface area contributed by atoms with Crippen LogP contribution in [0.5, 0.6) is 6.01 Å². The molecule has 2 unspecified atom stereocenters. The van der Waals surface area contributed by atoms with Crippen molar-refractivity contribution in [3.8, 4) is 6.01 Å². The van der Waals surface area contributed by atoms with Crippen molar-refractivity contribution >= 4 is 15.2 Å². The van der Waals surface area contributed by atoms with Gasteiger partial charge in [-0.1, -0.05) is 0 Å². The molecule has 1 heterocycles. The van der Waals surface area contributed by atoms with E-state index in [-0.39, 0.29) is 48.7 Å². The van der Waals surface area contributed by atoms with Gasteiger partial charge in [0.2, 0.25) is 0 Å². The first kappa shape index (κ1) is 22.1. The Hall–Kier alpha value is 0.140. The fourth-order valence-corrected chi connectivity index (χ4v) is 3.65. The van der Waals surface area contributed by atoms with E-state index in [0.29, 0.717) is 12.8 Å². The summed E-state index contributed by atoms with van der Waals surface area (Å²) >= 11 is 0. The Morgan fingerprint density at radius 3 is 2.32 bits per heavy atom. The van der Waals surface area contributed by atoms with Gasteiger partial charge in [0.15, 0.2) is 13.1 Å². The van der Waals surface area contributed by atoms with Crippen LogP contribution in [0.15, 0.2) is 18.5 Å². The Morgan fingerprint density at radius 2 is 1.82 bits per heavy atom. The zero-order valence-electron chi connectivity index (χ0n) is 11.9. The Labute approximate surface area is 149 Å². The van der Waals surface area contributed by atoms with Gasteiger partial charge in [0.25, 0.3) is 0 Å². The summed E-state index contributed by atoms with van der Waals surface area (Å²) in [5.74, 6) is 0. The molecule has 13 heteroatoms. The summed E-state index contributed by atoms with van der Waals surface area (Å²) in [7, 11) is -10.2. The van der Waals surface area contributed by atoms with Crippen molar-refractivity contribution in [2.45, 2.75) is 18.4 Å². The largest absolute Gasteiger partial charge is 1.00 e. The first-order valence-electron chi connectivity index (χ1n) is 5.93. The molecule has 2 atom stereocenters. The molecule has 1 aromatic heterocycles. The Morgan fingerprint density at radius 1 is 1.23 bits per heavy atom. The number of ether oxygens (including phenoxy) is 1. The van der Waals surface area contributed by atoms with Gasteiger partial charge in [-0.3, -0.25) is 9.88 Å². The standard InChI is InChI=1S/C9H17N3O7P2.Na/c13-20(14,15)9(21(16,17)18)12-4-1-2-7-19-8-10-5-3-6-11-8;/h3,5-6,9,12H,1-2,4,7H2,(H2,13,14,15)(H2,16,17,18);/q;+1/p-1. The van der Waals surface area contributed by atoms with Crippen molar-refractivity contribution in [2.24, 2.45) is 0 Å². The van der Waals surface area contributed by atoms with Gasteiger partial charge >= 0.3 is 43.2 Å². The molecule has 0 saturated carbocycles. The van der Waals surface area contributed by atoms with Gasteiger partial charge in [0, 0.05) is 12.4 Å². The molecule has 1 rings (SSSR count). The van der Waals surface area contributed by atoms with Crippen LogP contribution in [0, 0.1) is 0 Å². The maximum absolute atomic E-state index is 10.9. The van der Waals surface area contributed by atoms with Crippen LogP contribution in [-0.4, -0.2) is 43.3 Å². The first-order valence-corrected chi connectivity index (χ1v) is 9.26. The van der Waals surface area contributed by atoms with Crippen molar-refractivity contribution in [2.75, 3.05) is 13.2 Å². The average Bonchev–Trinajstić information content (AvgIpc) is 2.35. The van der Waals surface area contributed by atoms with Gasteiger partial charge in [-0.15, -0.1) is 0 Å². The van der Waals surface area contributed by atoms with Crippen LogP contribution < -0.4 is 44.5 Å². The van der Waals surface area contributed by atoms with Gasteiger partial charge in [-0.05, 0) is 25.5 Å². The first-order chi connectivity index (χ1) is 9.71. The van der Waals surface area contributed by atoms with Crippen LogP contribution in [0.1, 0.15) is 12.8 Å². The molecule has 0 aromatic carbocycles. The van der Waals surface area contributed by atoms with E-state index in [9.17, 15) is 14.0 Å². The van der Waals surface area contributed by atoms with Gasteiger partial charge < -0.3 is 28.9 Å². The van der Waals surface area contributed by atoms with Gasteiger partial charge in [-0.2, -0.15) is 0 Å². The Balaban J connectivity index is 0.00000441. The SMILES string of the molecule is O=P([O-])(O)C(NCCCCOc1ncccn1)P(=O)(O)O.[Na+]. The van der Waals surface area contributed by atoms with E-state index in [4.69, 9.17) is 19.4 Å². The molecule has 22 heavy (non-hydrogen) atoms. The Kier molecular flexibility index (Phi) is 10.2. The van der Waals surface area contributed by atoms with Gasteiger partial charge in [0.05, 0.1) is 6.61 Å². The number of hydrogen-bond donors (Lipinski definition) is 4. The van der Waals surface area contributed by atoms with E-state index in [0.717, 1.165) is 0 Å². The molecule has 0 radical (unpaired) electrons. The maximum Gasteiger partial charge on any atom is 1.00 e. The zero-order chi connectivity index (χ0) is 15.9. The van der Waals surface area contributed by atoms with Crippen molar-refractivity contribution in [3.63, 3.8) is 0 Å². The van der Waals surface area contributed by atoms with Gasteiger partial charge in [0.1, 0.15) is 0 Å². The van der Waals surface area contributed by atoms with Crippen LogP contribution in [0.2, 0.25) is 0 Å². The molecule has 1 aromatic rings. The zero-order valence-corrected chi connectivity index (χ0v) is 15.7. The monoisotopic (exact) mass is 363 g/mol. The molecule has 0 aliphatic rings. The van der Waals surface area contributed by atoms with E-state index in [1.54, 1.807) is 6.07 Å². The number of unbranched alkanes of at least 4 members (excludes halogenated alkanes) is 1. The summed E-state index contributed by atoms with van der Waals surface area (Å²) < 4.78 is 27.0. The third kappa shape index (κ3) is 8.69. The van der Waals surface area contributed by atoms with Crippen molar-refractivity contribution in [1.82, 2.24) is 15.3 Å². The van der Waals surface area contributed by atoms with E-state index in [2.05, 4.69) is 15.3 Å². The molecule has 0 spiro atoms. The molecule has 0 amide bonds. The third-order valence-corrected chi connectivity index (χ3v) is 5.70. The summed E-state index contributed by atoms with van der Waals surface area (Å²) in [6.07, 6.45) is 3.89.